The van der Waals surface area contributed by atoms with Crippen molar-refractivity contribution in [2.75, 3.05) is 7.05 Å². The van der Waals surface area contributed by atoms with Gasteiger partial charge in [0.15, 0.2) is 0 Å². The molecule has 1 N–H and O–H groups in total. The van der Waals surface area contributed by atoms with Crippen molar-refractivity contribution in [3.05, 3.63) is 56.4 Å². The molecule has 0 amide bonds. The zero-order valence-corrected chi connectivity index (χ0v) is 11.8. The van der Waals surface area contributed by atoms with Gasteiger partial charge >= 0.3 is 0 Å². The first kappa shape index (κ1) is 12.7. The van der Waals surface area contributed by atoms with Gasteiger partial charge in [-0.3, -0.25) is 0 Å². The van der Waals surface area contributed by atoms with Crippen LogP contribution in [0.25, 0.3) is 0 Å². The second-order valence-corrected chi connectivity index (χ2v) is 5.47. The van der Waals surface area contributed by atoms with Gasteiger partial charge in [-0.2, -0.15) is 11.3 Å². The molecule has 0 spiro atoms. The van der Waals surface area contributed by atoms with E-state index in [1.165, 1.54) is 17.7 Å². The zero-order chi connectivity index (χ0) is 12.3. The molecule has 0 saturated heterocycles. The van der Waals surface area contributed by atoms with E-state index < -0.39 is 0 Å². The fraction of sp³-hybridized carbons (Fsp3) is 0.231. The zero-order valence-electron chi connectivity index (χ0n) is 9.41. The van der Waals surface area contributed by atoms with Crippen molar-refractivity contribution in [2.45, 2.75) is 12.5 Å². The quantitative estimate of drug-likeness (QED) is 0.894. The summed E-state index contributed by atoms with van der Waals surface area (Å²) in [6, 6.07) is 7.22. The standard InChI is InChI=1S/C13H13BrFNS/c1-16-13(10-4-5-17-8-10)6-9-2-3-11(15)7-12(9)14/h2-5,7-8,13,16H,6H2,1H3. The van der Waals surface area contributed by atoms with Crippen LogP contribution in [0.3, 0.4) is 0 Å². The van der Waals surface area contributed by atoms with E-state index in [2.05, 4.69) is 38.1 Å². The number of halogens is 2. The van der Waals surface area contributed by atoms with Crippen LogP contribution in [0.5, 0.6) is 0 Å². The second kappa shape index (κ2) is 5.76. The molecule has 17 heavy (non-hydrogen) atoms. The van der Waals surface area contributed by atoms with Crippen LogP contribution in [0.1, 0.15) is 17.2 Å². The van der Waals surface area contributed by atoms with Gasteiger partial charge in [0, 0.05) is 10.5 Å². The summed E-state index contributed by atoms with van der Waals surface area (Å²) < 4.78 is 13.8. The Morgan fingerprint density at radius 2 is 2.24 bits per heavy atom. The third kappa shape index (κ3) is 3.15. The van der Waals surface area contributed by atoms with Gasteiger partial charge in [0.25, 0.3) is 0 Å². The second-order valence-electron chi connectivity index (χ2n) is 3.84. The maximum Gasteiger partial charge on any atom is 0.124 e. The Labute approximate surface area is 113 Å². The van der Waals surface area contributed by atoms with E-state index in [1.54, 1.807) is 11.3 Å². The first-order valence-corrected chi connectivity index (χ1v) is 7.07. The van der Waals surface area contributed by atoms with E-state index in [0.717, 1.165) is 16.5 Å². The van der Waals surface area contributed by atoms with E-state index in [0.29, 0.717) is 0 Å². The van der Waals surface area contributed by atoms with Gasteiger partial charge in [0.2, 0.25) is 0 Å². The molecule has 1 aromatic heterocycles. The summed E-state index contributed by atoms with van der Waals surface area (Å²) in [5.74, 6) is -0.211. The fourth-order valence-corrected chi connectivity index (χ4v) is 2.99. The van der Waals surface area contributed by atoms with E-state index in [-0.39, 0.29) is 11.9 Å². The van der Waals surface area contributed by atoms with Crippen LogP contribution in [0, 0.1) is 5.82 Å². The predicted octanol–water partition coefficient (Wildman–Crippen LogP) is 4.15. The number of likely N-dealkylation sites (N-methyl/N-ethyl adjacent to an activating group) is 1. The fourth-order valence-electron chi connectivity index (χ4n) is 1.77. The van der Waals surface area contributed by atoms with Crippen molar-refractivity contribution < 1.29 is 4.39 Å². The van der Waals surface area contributed by atoms with Gasteiger partial charge in [0.05, 0.1) is 0 Å². The number of nitrogens with one attached hydrogen (secondary N) is 1. The molecular formula is C13H13BrFNS. The van der Waals surface area contributed by atoms with Gasteiger partial charge in [0.1, 0.15) is 5.82 Å². The average molecular weight is 314 g/mol. The largest absolute Gasteiger partial charge is 0.313 e. The molecule has 0 aliphatic heterocycles. The summed E-state index contributed by atoms with van der Waals surface area (Å²) in [5, 5.41) is 7.49. The van der Waals surface area contributed by atoms with Crippen LogP contribution in [-0.4, -0.2) is 7.05 Å². The molecule has 0 aliphatic carbocycles. The van der Waals surface area contributed by atoms with E-state index in [9.17, 15) is 4.39 Å². The summed E-state index contributed by atoms with van der Waals surface area (Å²) in [5.41, 5.74) is 2.38. The molecule has 1 atom stereocenters. The lowest BCUT2D eigenvalue weighted by molar-refractivity contribution is 0.589. The minimum atomic E-state index is -0.211. The normalized spacial score (nSPS) is 12.6. The van der Waals surface area contributed by atoms with Crippen LogP contribution >= 0.6 is 27.3 Å². The van der Waals surface area contributed by atoms with Crippen LogP contribution in [0.4, 0.5) is 4.39 Å². The Hall–Kier alpha value is -0.710. The third-order valence-electron chi connectivity index (χ3n) is 2.73. The molecule has 90 valence electrons. The molecule has 2 aromatic rings. The van der Waals surface area contributed by atoms with Gasteiger partial charge in [-0.05, 0) is 53.6 Å². The lowest BCUT2D eigenvalue weighted by Crippen LogP contribution is -2.18. The Balaban J connectivity index is 2.19. The molecule has 0 fully saturated rings. The van der Waals surface area contributed by atoms with Crippen molar-refractivity contribution >= 4 is 27.3 Å². The molecule has 1 nitrogen and oxygen atoms in total. The molecule has 0 radical (unpaired) electrons. The average Bonchev–Trinajstić information content (AvgIpc) is 2.81. The van der Waals surface area contributed by atoms with Crippen molar-refractivity contribution in [3.8, 4) is 0 Å². The maximum atomic E-state index is 13.0. The highest BCUT2D eigenvalue weighted by Gasteiger charge is 2.12. The summed E-state index contributed by atoms with van der Waals surface area (Å²) in [6.07, 6.45) is 0.841. The number of rotatable bonds is 4. The predicted molar refractivity (Wildman–Crippen MR) is 73.9 cm³/mol. The van der Waals surface area contributed by atoms with Gasteiger partial charge in [-0.15, -0.1) is 0 Å². The highest BCUT2D eigenvalue weighted by atomic mass is 79.9. The number of thiophene rings is 1. The Morgan fingerprint density at radius 1 is 1.41 bits per heavy atom. The molecule has 1 heterocycles. The highest BCUT2D eigenvalue weighted by molar-refractivity contribution is 9.10. The van der Waals surface area contributed by atoms with Crippen LogP contribution in [0.15, 0.2) is 39.5 Å². The molecular weight excluding hydrogens is 301 g/mol. The van der Waals surface area contributed by atoms with Gasteiger partial charge in [-0.1, -0.05) is 22.0 Å². The molecule has 0 saturated carbocycles. The lowest BCUT2D eigenvalue weighted by atomic mass is 10.0. The van der Waals surface area contributed by atoms with Gasteiger partial charge in [-0.25, -0.2) is 4.39 Å². The van der Waals surface area contributed by atoms with Crippen LogP contribution in [0.2, 0.25) is 0 Å². The van der Waals surface area contributed by atoms with E-state index in [4.69, 9.17) is 0 Å². The molecule has 2 rings (SSSR count). The summed E-state index contributed by atoms with van der Waals surface area (Å²) in [7, 11) is 1.94. The maximum absolute atomic E-state index is 13.0. The topological polar surface area (TPSA) is 12.0 Å². The number of hydrogen-bond acceptors (Lipinski definition) is 2. The molecule has 4 heteroatoms. The van der Waals surface area contributed by atoms with Crippen LogP contribution in [-0.2, 0) is 6.42 Å². The third-order valence-corrected chi connectivity index (χ3v) is 4.17. The molecule has 0 bridgehead atoms. The Kier molecular flexibility index (Phi) is 4.31. The molecule has 1 aromatic carbocycles. The highest BCUT2D eigenvalue weighted by Crippen LogP contribution is 2.25. The van der Waals surface area contributed by atoms with Crippen molar-refractivity contribution in [1.82, 2.24) is 5.32 Å². The van der Waals surface area contributed by atoms with E-state index >= 15 is 0 Å². The van der Waals surface area contributed by atoms with Crippen molar-refractivity contribution in [2.24, 2.45) is 0 Å². The summed E-state index contributed by atoms with van der Waals surface area (Å²) in [4.78, 5) is 0. The smallest absolute Gasteiger partial charge is 0.124 e. The number of hydrogen-bond donors (Lipinski definition) is 1. The van der Waals surface area contributed by atoms with Crippen LogP contribution < -0.4 is 5.32 Å². The van der Waals surface area contributed by atoms with Gasteiger partial charge < -0.3 is 5.32 Å². The molecule has 0 aliphatic rings. The van der Waals surface area contributed by atoms with Crippen molar-refractivity contribution in [1.29, 1.82) is 0 Å². The monoisotopic (exact) mass is 313 g/mol. The number of benzene rings is 1. The molecule has 1 unspecified atom stereocenters. The minimum Gasteiger partial charge on any atom is -0.313 e. The Bertz CT molecular complexity index is 484. The van der Waals surface area contributed by atoms with Crippen molar-refractivity contribution in [3.63, 3.8) is 0 Å². The summed E-state index contributed by atoms with van der Waals surface area (Å²) >= 11 is 5.09. The first-order valence-electron chi connectivity index (χ1n) is 5.34. The van der Waals surface area contributed by atoms with E-state index in [1.807, 2.05) is 13.1 Å². The lowest BCUT2D eigenvalue weighted by Gasteiger charge is -2.16. The summed E-state index contributed by atoms with van der Waals surface area (Å²) in [6.45, 7) is 0. The minimum absolute atomic E-state index is 0.211. The SMILES string of the molecule is CNC(Cc1ccc(F)cc1Br)c1ccsc1. The first-order chi connectivity index (χ1) is 8.20. The Morgan fingerprint density at radius 3 is 2.82 bits per heavy atom.